The Balaban J connectivity index is 1.30. The van der Waals surface area contributed by atoms with Crippen molar-refractivity contribution in [3.8, 4) is 0 Å². The van der Waals surface area contributed by atoms with Crippen molar-refractivity contribution in [3.63, 3.8) is 0 Å². The third-order valence-corrected chi connectivity index (χ3v) is 11.1. The highest BCUT2D eigenvalue weighted by atomic mass is 16.6. The lowest BCUT2D eigenvalue weighted by Crippen LogP contribution is -2.50. The van der Waals surface area contributed by atoms with Gasteiger partial charge >= 0.3 is 11.9 Å². The molecule has 0 unspecified atom stereocenters. The summed E-state index contributed by atoms with van der Waals surface area (Å²) in [5.74, 6) is 0.890. The van der Waals surface area contributed by atoms with E-state index in [4.69, 9.17) is 9.47 Å². The first-order valence-corrected chi connectivity index (χ1v) is 12.3. The molecule has 0 aromatic rings. The van der Waals surface area contributed by atoms with Gasteiger partial charge in [-0.3, -0.25) is 0 Å². The van der Waals surface area contributed by atoms with E-state index >= 15 is 0 Å². The lowest BCUT2D eigenvalue weighted by atomic mass is 9.70. The largest absolute Gasteiger partial charge is 0.458 e. The first-order chi connectivity index (χ1) is 14.1. The number of likely N-dealkylation sites (N-methyl/N-ethyl adjacent to an activating group) is 1. The number of fused-ring (bicyclic) bond motifs is 4. The number of carbonyl (C=O) groups excluding carboxylic acids is 2. The van der Waals surface area contributed by atoms with Crippen molar-refractivity contribution in [2.45, 2.75) is 92.3 Å². The van der Waals surface area contributed by atoms with Crippen molar-refractivity contribution in [3.05, 3.63) is 0 Å². The van der Waals surface area contributed by atoms with Crippen LogP contribution in [0.3, 0.4) is 0 Å². The predicted molar refractivity (Wildman–Crippen MR) is 120 cm³/mol. The van der Waals surface area contributed by atoms with Crippen LogP contribution in [0, 0.1) is 33.5 Å². The number of quaternary nitrogens is 1. The van der Waals surface area contributed by atoms with Gasteiger partial charge in [0.2, 0.25) is 0 Å². The Bertz CT molecular complexity index is 709. The second-order valence-corrected chi connectivity index (χ2v) is 13.4. The Kier molecular flexibility index (Phi) is 5.17. The number of esters is 2. The van der Waals surface area contributed by atoms with Gasteiger partial charge in [0.25, 0.3) is 0 Å². The number of carbonyl (C=O) groups is 2. The molecule has 0 radical (unpaired) electrons. The average molecular weight is 435 g/mol. The van der Waals surface area contributed by atoms with Gasteiger partial charge in [-0.1, -0.05) is 41.5 Å². The second kappa shape index (κ2) is 6.95. The number of hydrogen-bond acceptors (Lipinski definition) is 4. The van der Waals surface area contributed by atoms with Crippen molar-refractivity contribution in [2.24, 2.45) is 33.5 Å². The fourth-order valence-electron chi connectivity index (χ4n) is 7.76. The summed E-state index contributed by atoms with van der Waals surface area (Å²) >= 11 is 0. The summed E-state index contributed by atoms with van der Waals surface area (Å²) in [6.07, 6.45) is 6.68. The smallest absolute Gasteiger partial charge is 0.362 e. The van der Waals surface area contributed by atoms with Crippen LogP contribution < -0.4 is 0 Å². The molecule has 0 spiro atoms. The van der Waals surface area contributed by atoms with Crippen LogP contribution in [-0.2, 0) is 19.1 Å². The van der Waals surface area contributed by atoms with Gasteiger partial charge in [0.15, 0.2) is 13.1 Å². The van der Waals surface area contributed by atoms with Gasteiger partial charge in [-0.2, -0.15) is 0 Å². The minimum atomic E-state index is -0.194. The molecule has 176 valence electrons. The van der Waals surface area contributed by atoms with Crippen LogP contribution in [-0.4, -0.2) is 55.8 Å². The lowest BCUT2D eigenvalue weighted by molar-refractivity contribution is -0.875. The monoisotopic (exact) mass is 434 g/mol. The fourth-order valence-corrected chi connectivity index (χ4v) is 7.76. The van der Waals surface area contributed by atoms with Crippen molar-refractivity contribution < 1.29 is 23.5 Å². The van der Waals surface area contributed by atoms with Gasteiger partial charge in [-0.15, -0.1) is 0 Å². The molecule has 0 aromatic heterocycles. The van der Waals surface area contributed by atoms with E-state index in [1.165, 1.54) is 12.8 Å². The molecule has 4 bridgehead atoms. The zero-order valence-corrected chi connectivity index (χ0v) is 21.0. The topological polar surface area (TPSA) is 52.6 Å². The van der Waals surface area contributed by atoms with Gasteiger partial charge in [0, 0.05) is 10.8 Å². The van der Waals surface area contributed by atoms with Crippen LogP contribution in [0.2, 0.25) is 0 Å². The minimum absolute atomic E-state index is 0.00285. The molecule has 4 fully saturated rings. The van der Waals surface area contributed by atoms with Gasteiger partial charge < -0.3 is 14.0 Å². The molecule has 0 heterocycles. The highest BCUT2D eigenvalue weighted by molar-refractivity contribution is 5.73. The van der Waals surface area contributed by atoms with Gasteiger partial charge in [0.05, 0.1) is 14.1 Å². The van der Waals surface area contributed by atoms with Gasteiger partial charge in [-0.25, -0.2) is 9.59 Å². The van der Waals surface area contributed by atoms with Crippen LogP contribution in [0.5, 0.6) is 0 Å². The molecule has 5 nitrogen and oxygen atoms in total. The molecule has 4 aliphatic rings. The zero-order chi connectivity index (χ0) is 23.0. The highest BCUT2D eigenvalue weighted by Crippen LogP contribution is 2.67. The molecule has 4 aliphatic carbocycles. The lowest BCUT2D eigenvalue weighted by Gasteiger charge is -2.39. The highest BCUT2D eigenvalue weighted by Gasteiger charge is 2.64. The molecule has 31 heavy (non-hydrogen) atoms. The van der Waals surface area contributed by atoms with E-state index < -0.39 is 0 Å². The number of hydrogen-bond donors (Lipinski definition) is 0. The number of nitrogens with zero attached hydrogens (tertiary/aromatic N) is 1. The maximum Gasteiger partial charge on any atom is 0.362 e. The third kappa shape index (κ3) is 3.36. The van der Waals surface area contributed by atoms with E-state index in [1.807, 2.05) is 14.1 Å². The summed E-state index contributed by atoms with van der Waals surface area (Å²) in [4.78, 5) is 25.6. The van der Waals surface area contributed by atoms with E-state index in [0.717, 1.165) is 25.7 Å². The number of ether oxygens (including phenoxy) is 2. The number of rotatable bonds is 6. The van der Waals surface area contributed by atoms with Crippen LogP contribution in [0.4, 0.5) is 0 Å². The molecule has 0 amide bonds. The van der Waals surface area contributed by atoms with E-state index in [-0.39, 0.29) is 63.4 Å². The molecule has 4 rings (SSSR count). The molecule has 5 heteroatoms. The Hall–Kier alpha value is -1.10. The standard InChI is InChI=1S/C26H44NO4/c1-23(2)17-9-11-25(23,5)19(13-17)30-21(28)15-27(7,8)16-22(29)31-20-14-18-10-12-26(20,6)24(18,3)4/h17-20H,9-16H2,1-8H3/q+1/t17-,18+,19-,20+,25+,26-. The van der Waals surface area contributed by atoms with Crippen molar-refractivity contribution in [1.82, 2.24) is 0 Å². The van der Waals surface area contributed by atoms with E-state index in [0.29, 0.717) is 11.8 Å². The first kappa shape index (κ1) is 23.1. The Morgan fingerprint density at radius 1 is 0.742 bits per heavy atom. The van der Waals surface area contributed by atoms with Crippen LogP contribution >= 0.6 is 0 Å². The third-order valence-electron chi connectivity index (χ3n) is 11.1. The summed E-state index contributed by atoms with van der Waals surface area (Å²) in [6, 6.07) is 0. The Morgan fingerprint density at radius 2 is 1.10 bits per heavy atom. The zero-order valence-electron chi connectivity index (χ0n) is 21.0. The normalized spacial score (nSPS) is 42.1. The van der Waals surface area contributed by atoms with Crippen LogP contribution in [0.25, 0.3) is 0 Å². The summed E-state index contributed by atoms with van der Waals surface area (Å²) < 4.78 is 12.3. The van der Waals surface area contributed by atoms with Crippen LogP contribution in [0.15, 0.2) is 0 Å². The summed E-state index contributed by atoms with van der Waals surface area (Å²) in [5, 5.41) is 0. The van der Waals surface area contributed by atoms with E-state index in [9.17, 15) is 9.59 Å². The molecule has 0 aliphatic heterocycles. The maximum atomic E-state index is 12.8. The molecule has 0 saturated heterocycles. The first-order valence-electron chi connectivity index (χ1n) is 12.3. The van der Waals surface area contributed by atoms with E-state index in [1.54, 1.807) is 0 Å². The fraction of sp³-hybridized carbons (Fsp3) is 0.923. The summed E-state index contributed by atoms with van der Waals surface area (Å²) in [5.41, 5.74) is 0.564. The minimum Gasteiger partial charge on any atom is -0.458 e. The molecular weight excluding hydrogens is 390 g/mol. The van der Waals surface area contributed by atoms with Gasteiger partial charge in [0.1, 0.15) is 12.2 Å². The molecule has 0 N–H and O–H groups in total. The average Bonchev–Trinajstić information content (AvgIpc) is 3.12. The molecular formula is C26H44NO4+. The van der Waals surface area contributed by atoms with Crippen molar-refractivity contribution in [2.75, 3.05) is 27.2 Å². The molecule has 0 aromatic carbocycles. The SMILES string of the molecule is CC1(C)[C@@H]2CC[C@@]1(C)[C@H](OC(=O)C[N+](C)(C)CC(=O)O[C@H]1C[C@@H]3CC[C@@]1(C)C3(C)C)C2. The quantitative estimate of drug-likeness (QED) is 0.454. The van der Waals surface area contributed by atoms with E-state index in [2.05, 4.69) is 41.5 Å². The predicted octanol–water partition coefficient (Wildman–Crippen LogP) is 4.58. The van der Waals surface area contributed by atoms with Crippen LogP contribution in [0.1, 0.15) is 80.1 Å². The summed E-state index contributed by atoms with van der Waals surface area (Å²) in [6.45, 7) is 14.3. The van der Waals surface area contributed by atoms with Gasteiger partial charge in [-0.05, 0) is 61.2 Å². The molecule has 6 atom stereocenters. The Labute approximate surface area is 188 Å². The summed E-state index contributed by atoms with van der Waals surface area (Å²) in [7, 11) is 3.84. The molecule has 4 saturated carbocycles. The second-order valence-electron chi connectivity index (χ2n) is 13.4. The van der Waals surface area contributed by atoms with Crippen molar-refractivity contribution >= 4 is 11.9 Å². The maximum absolute atomic E-state index is 12.8. The van der Waals surface area contributed by atoms with Crippen molar-refractivity contribution in [1.29, 1.82) is 0 Å². The Morgan fingerprint density at radius 3 is 1.35 bits per heavy atom.